The second kappa shape index (κ2) is 4.73. The van der Waals surface area contributed by atoms with Crippen LogP contribution in [0.3, 0.4) is 0 Å². The van der Waals surface area contributed by atoms with Crippen molar-refractivity contribution in [2.45, 2.75) is 51.3 Å². The Balaban J connectivity index is 2.31. The standard InChI is InChI=1S/C16H23NO2/c1-15(2)10-12(18)13(16(3,4)17-15)14(19)11-8-6-5-7-9-11/h5-9,13-14,17,19H,10H2,1-4H3/t13-,14+/m1/s1. The number of benzene rings is 1. The molecule has 1 aliphatic rings. The lowest BCUT2D eigenvalue weighted by atomic mass is 9.70. The van der Waals surface area contributed by atoms with Crippen LogP contribution in [0.25, 0.3) is 0 Å². The van der Waals surface area contributed by atoms with Gasteiger partial charge in [0, 0.05) is 17.5 Å². The van der Waals surface area contributed by atoms with Gasteiger partial charge in [-0.2, -0.15) is 0 Å². The summed E-state index contributed by atoms with van der Waals surface area (Å²) >= 11 is 0. The normalized spacial score (nSPS) is 27.0. The van der Waals surface area contributed by atoms with Crippen LogP contribution in [0.15, 0.2) is 30.3 Å². The third kappa shape index (κ3) is 2.88. The van der Waals surface area contributed by atoms with E-state index in [0.717, 1.165) is 5.56 Å². The van der Waals surface area contributed by atoms with E-state index in [1.165, 1.54) is 0 Å². The molecule has 1 aromatic carbocycles. The Hall–Kier alpha value is -1.19. The van der Waals surface area contributed by atoms with Crippen LogP contribution >= 0.6 is 0 Å². The number of aliphatic hydroxyl groups excluding tert-OH is 1. The van der Waals surface area contributed by atoms with Gasteiger partial charge in [0.1, 0.15) is 5.78 Å². The number of carbonyl (C=O) groups is 1. The van der Waals surface area contributed by atoms with E-state index in [9.17, 15) is 9.90 Å². The maximum atomic E-state index is 12.4. The van der Waals surface area contributed by atoms with Gasteiger partial charge in [0.25, 0.3) is 0 Å². The zero-order valence-corrected chi connectivity index (χ0v) is 12.1. The molecule has 2 atom stereocenters. The van der Waals surface area contributed by atoms with Gasteiger partial charge in [-0.3, -0.25) is 4.79 Å². The lowest BCUT2D eigenvalue weighted by Crippen LogP contribution is -2.64. The van der Waals surface area contributed by atoms with Crippen LogP contribution in [0.1, 0.15) is 45.8 Å². The molecule has 19 heavy (non-hydrogen) atoms. The second-order valence-electron chi connectivity index (χ2n) is 6.71. The first-order valence-electron chi connectivity index (χ1n) is 6.78. The summed E-state index contributed by atoms with van der Waals surface area (Å²) in [5, 5.41) is 14.0. The van der Waals surface area contributed by atoms with Gasteiger partial charge >= 0.3 is 0 Å². The number of Topliss-reactive ketones (excluding diaryl/α,β-unsaturated/α-hetero) is 1. The number of carbonyl (C=O) groups excluding carboxylic acids is 1. The molecule has 0 unspecified atom stereocenters. The Labute approximate surface area is 115 Å². The molecule has 1 aromatic rings. The fourth-order valence-corrected chi connectivity index (χ4v) is 3.36. The number of hydrogen-bond acceptors (Lipinski definition) is 3. The molecular weight excluding hydrogens is 238 g/mol. The van der Waals surface area contributed by atoms with Gasteiger partial charge in [-0.25, -0.2) is 0 Å². The molecule has 0 amide bonds. The van der Waals surface area contributed by atoms with E-state index in [4.69, 9.17) is 0 Å². The third-order valence-electron chi connectivity index (χ3n) is 3.86. The van der Waals surface area contributed by atoms with Crippen molar-refractivity contribution >= 4 is 5.78 Å². The SMILES string of the molecule is CC1(C)CC(=O)[C@H]([C@@H](O)c2ccccc2)C(C)(C)N1. The van der Waals surface area contributed by atoms with Gasteiger partial charge in [0.15, 0.2) is 0 Å². The van der Waals surface area contributed by atoms with Crippen LogP contribution in [-0.4, -0.2) is 22.0 Å². The van der Waals surface area contributed by atoms with Crippen LogP contribution in [0.5, 0.6) is 0 Å². The number of ketones is 1. The van der Waals surface area contributed by atoms with E-state index in [0.29, 0.717) is 6.42 Å². The van der Waals surface area contributed by atoms with Crippen LogP contribution in [0.4, 0.5) is 0 Å². The van der Waals surface area contributed by atoms with E-state index in [-0.39, 0.29) is 11.3 Å². The summed E-state index contributed by atoms with van der Waals surface area (Å²) in [5.41, 5.74) is 0.164. The third-order valence-corrected chi connectivity index (χ3v) is 3.86. The predicted molar refractivity (Wildman–Crippen MR) is 75.8 cm³/mol. The predicted octanol–water partition coefficient (Wildman–Crippen LogP) is 2.46. The van der Waals surface area contributed by atoms with Crippen molar-refractivity contribution in [2.75, 3.05) is 0 Å². The molecule has 0 saturated carbocycles. The number of nitrogens with one attached hydrogen (secondary N) is 1. The van der Waals surface area contributed by atoms with E-state index >= 15 is 0 Å². The summed E-state index contributed by atoms with van der Waals surface area (Å²) in [6, 6.07) is 9.42. The first kappa shape index (κ1) is 14.2. The minimum atomic E-state index is -0.757. The monoisotopic (exact) mass is 261 g/mol. The fourth-order valence-electron chi connectivity index (χ4n) is 3.36. The Morgan fingerprint density at radius 2 is 1.79 bits per heavy atom. The highest BCUT2D eigenvalue weighted by Gasteiger charge is 2.48. The second-order valence-corrected chi connectivity index (χ2v) is 6.71. The highest BCUT2D eigenvalue weighted by molar-refractivity contribution is 5.85. The molecule has 2 N–H and O–H groups in total. The first-order valence-corrected chi connectivity index (χ1v) is 6.78. The Kier molecular flexibility index (Phi) is 3.54. The Bertz CT molecular complexity index is 465. The Morgan fingerprint density at radius 1 is 1.21 bits per heavy atom. The van der Waals surface area contributed by atoms with Crippen molar-refractivity contribution < 1.29 is 9.90 Å². The zero-order chi connectivity index (χ0) is 14.3. The molecule has 0 spiro atoms. The smallest absolute Gasteiger partial charge is 0.142 e. The number of aliphatic hydroxyl groups is 1. The van der Waals surface area contributed by atoms with Gasteiger partial charge in [0.05, 0.1) is 12.0 Å². The average molecular weight is 261 g/mol. The Morgan fingerprint density at radius 3 is 2.32 bits per heavy atom. The van der Waals surface area contributed by atoms with Crippen molar-refractivity contribution in [3.05, 3.63) is 35.9 Å². The van der Waals surface area contributed by atoms with E-state index in [1.807, 2.05) is 58.0 Å². The van der Waals surface area contributed by atoms with Gasteiger partial charge < -0.3 is 10.4 Å². The van der Waals surface area contributed by atoms with Gasteiger partial charge in [-0.15, -0.1) is 0 Å². The van der Waals surface area contributed by atoms with Crippen molar-refractivity contribution in [1.29, 1.82) is 0 Å². The highest BCUT2D eigenvalue weighted by atomic mass is 16.3. The highest BCUT2D eigenvalue weighted by Crippen LogP contribution is 2.38. The summed E-state index contributed by atoms with van der Waals surface area (Å²) in [6.45, 7) is 8.03. The molecule has 1 aliphatic heterocycles. The average Bonchev–Trinajstić information content (AvgIpc) is 2.25. The largest absolute Gasteiger partial charge is 0.388 e. The molecule has 1 saturated heterocycles. The number of piperidine rings is 1. The lowest BCUT2D eigenvalue weighted by molar-refractivity contribution is -0.136. The van der Waals surface area contributed by atoms with Crippen LogP contribution in [-0.2, 0) is 4.79 Å². The van der Waals surface area contributed by atoms with E-state index in [1.54, 1.807) is 0 Å². The fraction of sp³-hybridized carbons (Fsp3) is 0.562. The summed E-state index contributed by atoms with van der Waals surface area (Å²) in [6.07, 6.45) is -0.308. The first-order chi connectivity index (χ1) is 8.73. The molecule has 104 valence electrons. The van der Waals surface area contributed by atoms with Crippen molar-refractivity contribution in [2.24, 2.45) is 5.92 Å². The molecule has 1 fully saturated rings. The van der Waals surface area contributed by atoms with Crippen molar-refractivity contribution in [1.82, 2.24) is 5.32 Å². The minimum absolute atomic E-state index is 0.130. The summed E-state index contributed by atoms with van der Waals surface area (Å²) in [4.78, 5) is 12.4. The van der Waals surface area contributed by atoms with E-state index in [2.05, 4.69) is 5.32 Å². The van der Waals surface area contributed by atoms with Crippen LogP contribution < -0.4 is 5.32 Å². The summed E-state index contributed by atoms with van der Waals surface area (Å²) in [7, 11) is 0. The molecule has 3 heteroatoms. The van der Waals surface area contributed by atoms with Crippen molar-refractivity contribution in [3.63, 3.8) is 0 Å². The molecule has 2 rings (SSSR count). The number of rotatable bonds is 2. The maximum Gasteiger partial charge on any atom is 0.142 e. The van der Waals surface area contributed by atoms with Gasteiger partial charge in [0.2, 0.25) is 0 Å². The quantitative estimate of drug-likeness (QED) is 0.859. The van der Waals surface area contributed by atoms with Crippen LogP contribution in [0.2, 0.25) is 0 Å². The molecular formula is C16H23NO2. The van der Waals surface area contributed by atoms with Crippen molar-refractivity contribution in [3.8, 4) is 0 Å². The molecule has 1 heterocycles. The van der Waals surface area contributed by atoms with E-state index < -0.39 is 17.6 Å². The molecule has 0 aromatic heterocycles. The summed E-state index contributed by atoms with van der Waals surface area (Å²) in [5.74, 6) is -0.284. The topological polar surface area (TPSA) is 49.3 Å². The zero-order valence-electron chi connectivity index (χ0n) is 12.1. The molecule has 0 bridgehead atoms. The maximum absolute atomic E-state index is 12.4. The molecule has 0 aliphatic carbocycles. The number of hydrogen-bond donors (Lipinski definition) is 2. The van der Waals surface area contributed by atoms with Gasteiger partial charge in [-0.1, -0.05) is 30.3 Å². The van der Waals surface area contributed by atoms with Crippen LogP contribution in [0, 0.1) is 5.92 Å². The molecule has 3 nitrogen and oxygen atoms in total. The lowest BCUT2D eigenvalue weighted by Gasteiger charge is -2.48. The minimum Gasteiger partial charge on any atom is -0.388 e. The molecule has 0 radical (unpaired) electrons. The van der Waals surface area contributed by atoms with Gasteiger partial charge in [-0.05, 0) is 33.3 Å². The summed E-state index contributed by atoms with van der Waals surface area (Å²) < 4.78 is 0.